The fraction of sp³-hybridized carbons (Fsp3) is 0.200. The summed E-state index contributed by atoms with van der Waals surface area (Å²) in [4.78, 5) is -0.926. The molecule has 0 aromatic heterocycles. The standard InChI is InChI=1S/C14H14OS.C6HF5O3S/c15-13-7-8-14(16-9-3-4-10-16)12-6-2-1-5-11(12)13;7-1-2(8)4(10)6(15(12,13)14)5(11)3(1)9/h1-2,5-8H,3-4,9-10H2;(H,12,13,14). The van der Waals surface area contributed by atoms with Crippen LogP contribution in [0, 0.1) is 29.1 Å². The number of aromatic hydroxyl groups is 1. The van der Waals surface area contributed by atoms with Crippen LogP contribution in [-0.2, 0) is 21.0 Å². The van der Waals surface area contributed by atoms with E-state index in [0.717, 1.165) is 5.39 Å². The van der Waals surface area contributed by atoms with Gasteiger partial charge in [0.05, 0.1) is 0 Å². The molecule has 166 valence electrons. The number of rotatable bonds is 2. The van der Waals surface area contributed by atoms with E-state index in [1.165, 1.54) is 34.6 Å². The summed E-state index contributed by atoms with van der Waals surface area (Å²) in [6, 6.07) is 12.2. The molecule has 0 aliphatic carbocycles. The number of benzene rings is 3. The summed E-state index contributed by atoms with van der Waals surface area (Å²) in [5.41, 5.74) is 0. The molecule has 1 N–H and O–H groups in total. The molecule has 3 aromatic carbocycles. The second-order valence-electron chi connectivity index (χ2n) is 6.59. The van der Waals surface area contributed by atoms with Gasteiger partial charge in [0.25, 0.3) is 0 Å². The van der Waals surface area contributed by atoms with Gasteiger partial charge in [0.2, 0.25) is 5.82 Å². The lowest BCUT2D eigenvalue weighted by Crippen LogP contribution is -2.12. The Bertz CT molecular complexity index is 1210. The summed E-state index contributed by atoms with van der Waals surface area (Å²) in [6.45, 7) is 0. The smallest absolute Gasteiger partial charge is 0.200 e. The molecule has 1 heterocycles. The Kier molecular flexibility index (Phi) is 6.77. The number of phenolic OH excluding ortho intramolecular Hbond substituents is 1. The normalized spacial score (nSPS) is 14.5. The van der Waals surface area contributed by atoms with E-state index in [1.807, 2.05) is 18.2 Å². The molecule has 11 heteroatoms. The van der Waals surface area contributed by atoms with E-state index in [2.05, 4.69) is 18.2 Å². The largest absolute Gasteiger partial charge is 0.744 e. The Morgan fingerprint density at radius 1 is 0.774 bits per heavy atom. The van der Waals surface area contributed by atoms with Gasteiger partial charge < -0.3 is 9.66 Å². The zero-order valence-corrected chi connectivity index (χ0v) is 17.3. The Morgan fingerprint density at radius 2 is 1.26 bits per heavy atom. The van der Waals surface area contributed by atoms with E-state index >= 15 is 0 Å². The lowest BCUT2D eigenvalue weighted by molar-refractivity contribution is 0.350. The van der Waals surface area contributed by atoms with E-state index in [-0.39, 0.29) is 0 Å². The summed E-state index contributed by atoms with van der Waals surface area (Å²) >= 11 is 0. The maximum atomic E-state index is 12.6. The molecular formula is C20H15F5O4S2. The minimum Gasteiger partial charge on any atom is -0.744 e. The SMILES string of the molecule is O=S(=O)([O-])c1c(F)c(F)c(F)c(F)c1F.Oc1ccc([S+]2CCCC2)c2ccccc12. The molecule has 0 amide bonds. The molecule has 1 aliphatic rings. The molecule has 3 aromatic rings. The third-order valence-electron chi connectivity index (χ3n) is 4.62. The van der Waals surface area contributed by atoms with Crippen LogP contribution in [0.2, 0.25) is 0 Å². The van der Waals surface area contributed by atoms with Crippen molar-refractivity contribution in [2.45, 2.75) is 22.6 Å². The summed E-state index contributed by atoms with van der Waals surface area (Å²) < 4.78 is 92.9. The number of fused-ring (bicyclic) bond motifs is 1. The molecule has 0 atom stereocenters. The van der Waals surface area contributed by atoms with Gasteiger partial charge in [-0.3, -0.25) is 0 Å². The first-order valence-electron chi connectivity index (χ1n) is 8.89. The van der Waals surface area contributed by atoms with Crippen molar-refractivity contribution in [3.05, 3.63) is 65.5 Å². The van der Waals surface area contributed by atoms with Gasteiger partial charge in [0, 0.05) is 21.7 Å². The fourth-order valence-corrected chi connectivity index (χ4v) is 6.30. The molecule has 1 saturated heterocycles. The van der Waals surface area contributed by atoms with Gasteiger partial charge in [-0.15, -0.1) is 0 Å². The minimum atomic E-state index is -5.77. The zero-order valence-electron chi connectivity index (χ0n) is 15.7. The van der Waals surface area contributed by atoms with E-state index < -0.39 is 44.1 Å². The molecule has 0 spiro atoms. The minimum absolute atomic E-state index is 0.405. The van der Waals surface area contributed by atoms with Gasteiger partial charge in [-0.25, -0.2) is 30.4 Å². The maximum absolute atomic E-state index is 12.6. The summed E-state index contributed by atoms with van der Waals surface area (Å²) in [7, 11) is -5.36. The average molecular weight is 478 g/mol. The highest BCUT2D eigenvalue weighted by Gasteiger charge is 2.29. The molecular weight excluding hydrogens is 463 g/mol. The molecule has 0 bridgehead atoms. The third kappa shape index (κ3) is 4.63. The van der Waals surface area contributed by atoms with Crippen LogP contribution < -0.4 is 0 Å². The fourth-order valence-electron chi connectivity index (χ4n) is 3.19. The van der Waals surface area contributed by atoms with Crippen molar-refractivity contribution >= 4 is 31.8 Å². The maximum Gasteiger partial charge on any atom is 0.200 e. The number of phenols is 1. The first kappa shape index (κ1) is 23.3. The second-order valence-corrected chi connectivity index (χ2v) is 10.1. The Morgan fingerprint density at radius 3 is 1.77 bits per heavy atom. The molecule has 4 rings (SSSR count). The van der Waals surface area contributed by atoms with Crippen LogP contribution in [-0.4, -0.2) is 29.6 Å². The Hall–Kier alpha value is -2.37. The topological polar surface area (TPSA) is 77.4 Å². The van der Waals surface area contributed by atoms with Crippen molar-refractivity contribution in [1.29, 1.82) is 0 Å². The van der Waals surface area contributed by atoms with Crippen molar-refractivity contribution in [1.82, 2.24) is 0 Å². The van der Waals surface area contributed by atoms with Gasteiger partial charge in [-0.2, -0.15) is 0 Å². The van der Waals surface area contributed by atoms with Crippen molar-refractivity contribution < 1.29 is 40.0 Å². The highest BCUT2D eigenvalue weighted by molar-refractivity contribution is 7.97. The third-order valence-corrected chi connectivity index (χ3v) is 8.02. The molecule has 1 aliphatic heterocycles. The van der Waals surface area contributed by atoms with Crippen molar-refractivity contribution in [2.75, 3.05) is 11.5 Å². The predicted octanol–water partition coefficient (Wildman–Crippen LogP) is 4.60. The van der Waals surface area contributed by atoms with Crippen LogP contribution in [0.5, 0.6) is 5.75 Å². The van der Waals surface area contributed by atoms with E-state index in [1.54, 1.807) is 0 Å². The zero-order chi connectivity index (χ0) is 22.9. The van der Waals surface area contributed by atoms with Crippen molar-refractivity contribution in [2.24, 2.45) is 0 Å². The number of halogens is 5. The van der Waals surface area contributed by atoms with Crippen molar-refractivity contribution in [3.8, 4) is 5.75 Å². The summed E-state index contributed by atoms with van der Waals surface area (Å²) in [5, 5.41) is 12.1. The molecule has 0 radical (unpaired) electrons. The second kappa shape index (κ2) is 9.01. The number of hydrogen-bond acceptors (Lipinski definition) is 4. The monoisotopic (exact) mass is 478 g/mol. The van der Waals surface area contributed by atoms with E-state index in [4.69, 9.17) is 0 Å². The van der Waals surface area contributed by atoms with Crippen molar-refractivity contribution in [3.63, 3.8) is 0 Å². The first-order chi connectivity index (χ1) is 14.5. The van der Waals surface area contributed by atoms with Crippen LogP contribution in [0.4, 0.5) is 22.0 Å². The lowest BCUT2D eigenvalue weighted by atomic mass is 10.1. The first-order valence-corrected chi connectivity index (χ1v) is 11.9. The van der Waals surface area contributed by atoms with E-state index in [9.17, 15) is 40.0 Å². The average Bonchev–Trinajstić information content (AvgIpc) is 3.25. The van der Waals surface area contributed by atoms with Gasteiger partial charge in [-0.05, 0) is 31.0 Å². The molecule has 0 unspecified atom stereocenters. The van der Waals surface area contributed by atoms with Crippen LogP contribution in [0.15, 0.2) is 46.2 Å². The number of hydrogen-bond donors (Lipinski definition) is 1. The predicted molar refractivity (Wildman–Crippen MR) is 104 cm³/mol. The lowest BCUT2D eigenvalue weighted by Gasteiger charge is -2.10. The van der Waals surface area contributed by atoms with Gasteiger partial charge >= 0.3 is 0 Å². The van der Waals surface area contributed by atoms with Gasteiger partial charge in [-0.1, -0.05) is 18.2 Å². The van der Waals surface area contributed by atoms with Crippen LogP contribution >= 0.6 is 0 Å². The highest BCUT2D eigenvalue weighted by atomic mass is 32.2. The highest BCUT2D eigenvalue weighted by Crippen LogP contribution is 2.33. The van der Waals surface area contributed by atoms with E-state index in [0.29, 0.717) is 16.6 Å². The Labute approximate surface area is 177 Å². The van der Waals surface area contributed by atoms with Crippen LogP contribution in [0.25, 0.3) is 10.8 Å². The quantitative estimate of drug-likeness (QED) is 0.192. The van der Waals surface area contributed by atoms with Crippen LogP contribution in [0.1, 0.15) is 12.8 Å². The summed E-state index contributed by atoms with van der Waals surface area (Å²) in [6.07, 6.45) is 2.72. The van der Waals surface area contributed by atoms with Crippen LogP contribution in [0.3, 0.4) is 0 Å². The molecule has 1 fully saturated rings. The van der Waals surface area contributed by atoms with Gasteiger partial charge in [0.1, 0.15) is 32.3 Å². The molecule has 4 nitrogen and oxygen atoms in total. The Balaban J connectivity index is 0.000000176. The molecule has 0 saturated carbocycles. The molecule has 31 heavy (non-hydrogen) atoms. The summed E-state index contributed by atoms with van der Waals surface area (Å²) in [5.74, 6) is -9.77. The van der Waals surface area contributed by atoms with Gasteiger partial charge in [0.15, 0.2) is 28.2 Å².